The molecule has 2 saturated heterocycles. The van der Waals surface area contributed by atoms with Gasteiger partial charge in [0.1, 0.15) is 0 Å². The first-order valence-corrected chi connectivity index (χ1v) is 14.0. The third-order valence-corrected chi connectivity index (χ3v) is 9.05. The topological polar surface area (TPSA) is 63.4 Å². The van der Waals surface area contributed by atoms with Gasteiger partial charge in [-0.05, 0) is 44.6 Å². The Hall–Kier alpha value is -2.33. The van der Waals surface area contributed by atoms with E-state index in [4.69, 9.17) is 17.3 Å². The summed E-state index contributed by atoms with van der Waals surface area (Å²) in [7, 11) is -2.86. The fraction of sp³-hybridized carbons (Fsp3) is 0.440. The summed E-state index contributed by atoms with van der Waals surface area (Å²) in [4.78, 5) is 4.68. The molecule has 9 heteroatoms. The molecule has 1 aromatic heterocycles. The van der Waals surface area contributed by atoms with E-state index < -0.39 is 9.84 Å². The molecule has 34 heavy (non-hydrogen) atoms. The Morgan fingerprint density at radius 2 is 1.56 bits per heavy atom. The summed E-state index contributed by atoms with van der Waals surface area (Å²) in [5, 5.41) is 4.96. The van der Waals surface area contributed by atoms with Crippen LogP contribution in [0.25, 0.3) is 17.1 Å². The van der Waals surface area contributed by atoms with Crippen LogP contribution in [-0.4, -0.2) is 76.3 Å². The Morgan fingerprint density at radius 3 is 2.15 bits per heavy atom. The molecule has 3 aromatic rings. The van der Waals surface area contributed by atoms with Crippen LogP contribution in [0.4, 0.5) is 0 Å². The molecule has 2 fully saturated rings. The summed E-state index contributed by atoms with van der Waals surface area (Å²) in [5.74, 6) is 1.47. The van der Waals surface area contributed by atoms with Gasteiger partial charge in [-0.25, -0.2) is 13.1 Å². The van der Waals surface area contributed by atoms with Crippen LogP contribution < -0.4 is 0 Å². The molecular formula is C25H31N5O2S2. The molecule has 0 aliphatic carbocycles. The zero-order chi connectivity index (χ0) is 23.9. The molecule has 5 rings (SSSR count). The molecule has 0 N–H and O–H groups in total. The zero-order valence-electron chi connectivity index (χ0n) is 19.7. The lowest BCUT2D eigenvalue weighted by Gasteiger charge is -2.37. The van der Waals surface area contributed by atoms with E-state index in [0.29, 0.717) is 22.9 Å². The fourth-order valence-electron chi connectivity index (χ4n) is 4.84. The van der Waals surface area contributed by atoms with Crippen molar-refractivity contribution in [1.29, 1.82) is 0 Å². The predicted molar refractivity (Wildman–Crippen MR) is 138 cm³/mol. The van der Waals surface area contributed by atoms with Crippen LogP contribution in [0, 0.1) is 18.6 Å². The van der Waals surface area contributed by atoms with Crippen molar-refractivity contribution in [2.24, 2.45) is 0 Å². The third kappa shape index (κ3) is 4.88. The fourth-order valence-corrected chi connectivity index (χ4v) is 6.89. The van der Waals surface area contributed by atoms with Gasteiger partial charge in [0.25, 0.3) is 0 Å². The highest BCUT2D eigenvalue weighted by Gasteiger charge is 2.33. The Morgan fingerprint density at radius 1 is 0.941 bits per heavy atom. The van der Waals surface area contributed by atoms with Crippen LogP contribution in [0.5, 0.6) is 0 Å². The summed E-state index contributed by atoms with van der Waals surface area (Å²) in [6.45, 7) is 8.26. The smallest absolute Gasteiger partial charge is 0.204 e. The molecule has 2 aromatic carbocycles. The second-order valence-corrected chi connectivity index (χ2v) is 12.1. The standard InChI is InChI=1S/C25H31N5O2S2/c1-19-3-7-21(8-4-19)24-26-29(25(33)30(24)22-9-5-20(2)6-10-22)18-27-12-14-28(15-13-27)23-11-16-34(31,32)17-23/h3-10,23H,11-18H2,1-2H3. The molecule has 180 valence electrons. The minimum Gasteiger partial charge on any atom is -0.297 e. The van der Waals surface area contributed by atoms with Crippen molar-refractivity contribution in [3.63, 3.8) is 0 Å². The summed E-state index contributed by atoms with van der Waals surface area (Å²) in [5.41, 5.74) is 4.44. The summed E-state index contributed by atoms with van der Waals surface area (Å²) >= 11 is 5.92. The van der Waals surface area contributed by atoms with Crippen molar-refractivity contribution in [2.45, 2.75) is 33.0 Å². The second kappa shape index (κ2) is 9.37. The zero-order valence-corrected chi connectivity index (χ0v) is 21.4. The van der Waals surface area contributed by atoms with Gasteiger partial charge in [0.05, 0.1) is 18.2 Å². The van der Waals surface area contributed by atoms with Gasteiger partial charge < -0.3 is 0 Å². The lowest BCUT2D eigenvalue weighted by molar-refractivity contribution is 0.0808. The van der Waals surface area contributed by atoms with Gasteiger partial charge >= 0.3 is 0 Å². The number of rotatable bonds is 5. The van der Waals surface area contributed by atoms with E-state index in [2.05, 4.69) is 76.7 Å². The van der Waals surface area contributed by atoms with Crippen LogP contribution in [-0.2, 0) is 16.5 Å². The molecular weight excluding hydrogens is 466 g/mol. The molecule has 7 nitrogen and oxygen atoms in total. The maximum absolute atomic E-state index is 11.9. The molecule has 0 spiro atoms. The van der Waals surface area contributed by atoms with Gasteiger partial charge in [0.2, 0.25) is 4.77 Å². The number of benzene rings is 2. The van der Waals surface area contributed by atoms with Crippen LogP contribution in [0.15, 0.2) is 48.5 Å². The van der Waals surface area contributed by atoms with Gasteiger partial charge in [-0.15, -0.1) is 5.10 Å². The van der Waals surface area contributed by atoms with Crippen LogP contribution >= 0.6 is 12.2 Å². The Balaban J connectivity index is 1.38. The van der Waals surface area contributed by atoms with E-state index in [1.54, 1.807) is 0 Å². The largest absolute Gasteiger partial charge is 0.297 e. The van der Waals surface area contributed by atoms with Crippen molar-refractivity contribution in [3.05, 3.63) is 64.4 Å². The average Bonchev–Trinajstić information content (AvgIpc) is 3.34. The lowest BCUT2D eigenvalue weighted by Crippen LogP contribution is -2.50. The van der Waals surface area contributed by atoms with Crippen LogP contribution in [0.2, 0.25) is 0 Å². The Bertz CT molecular complexity index is 1320. The number of piperazine rings is 1. The van der Waals surface area contributed by atoms with E-state index in [1.807, 2.05) is 4.68 Å². The molecule has 3 heterocycles. The molecule has 0 saturated carbocycles. The molecule has 1 atom stereocenters. The number of hydrogen-bond acceptors (Lipinski definition) is 6. The normalized spacial score (nSPS) is 21.2. The van der Waals surface area contributed by atoms with E-state index in [9.17, 15) is 8.42 Å². The number of sulfone groups is 1. The van der Waals surface area contributed by atoms with Crippen LogP contribution in [0.3, 0.4) is 0 Å². The highest BCUT2D eigenvalue weighted by molar-refractivity contribution is 7.91. The summed E-state index contributed by atoms with van der Waals surface area (Å²) in [6, 6.07) is 16.9. The minimum absolute atomic E-state index is 0.170. The first-order valence-electron chi connectivity index (χ1n) is 11.8. The summed E-state index contributed by atoms with van der Waals surface area (Å²) < 4.78 is 28.4. The molecule has 0 bridgehead atoms. The Kier molecular flexibility index (Phi) is 6.45. The monoisotopic (exact) mass is 497 g/mol. The van der Waals surface area contributed by atoms with Gasteiger partial charge in [-0.3, -0.25) is 14.4 Å². The van der Waals surface area contributed by atoms with Crippen molar-refractivity contribution in [2.75, 3.05) is 37.7 Å². The van der Waals surface area contributed by atoms with Crippen molar-refractivity contribution in [1.82, 2.24) is 24.1 Å². The predicted octanol–water partition coefficient (Wildman–Crippen LogP) is 3.45. The van der Waals surface area contributed by atoms with Crippen molar-refractivity contribution >= 4 is 22.1 Å². The minimum atomic E-state index is -2.86. The SMILES string of the molecule is Cc1ccc(-c2nn(CN3CCN(C4CCS(=O)(=O)C4)CC3)c(=S)n2-c2ccc(C)cc2)cc1. The molecule has 0 radical (unpaired) electrons. The lowest BCUT2D eigenvalue weighted by atomic mass is 10.1. The van der Waals surface area contributed by atoms with Gasteiger partial charge in [-0.2, -0.15) is 0 Å². The molecule has 2 aliphatic heterocycles. The molecule has 1 unspecified atom stereocenters. The number of nitrogens with zero attached hydrogens (tertiary/aromatic N) is 5. The second-order valence-electron chi connectivity index (χ2n) is 9.49. The first-order chi connectivity index (χ1) is 16.3. The maximum Gasteiger partial charge on any atom is 0.204 e. The number of aromatic nitrogens is 3. The van der Waals surface area contributed by atoms with E-state index >= 15 is 0 Å². The van der Waals surface area contributed by atoms with E-state index in [0.717, 1.165) is 49.7 Å². The quantitative estimate of drug-likeness (QED) is 0.503. The van der Waals surface area contributed by atoms with E-state index in [-0.39, 0.29) is 6.04 Å². The number of hydrogen-bond donors (Lipinski definition) is 0. The third-order valence-electron chi connectivity index (χ3n) is 6.91. The highest BCUT2D eigenvalue weighted by atomic mass is 32.2. The average molecular weight is 498 g/mol. The molecule has 0 amide bonds. The number of aryl methyl sites for hydroxylation is 2. The van der Waals surface area contributed by atoms with E-state index in [1.165, 1.54) is 11.1 Å². The van der Waals surface area contributed by atoms with Gasteiger partial charge in [0, 0.05) is 43.5 Å². The Labute approximate surface area is 206 Å². The van der Waals surface area contributed by atoms with Crippen LogP contribution in [0.1, 0.15) is 17.5 Å². The summed E-state index contributed by atoms with van der Waals surface area (Å²) in [6.07, 6.45) is 0.758. The van der Waals surface area contributed by atoms with Gasteiger partial charge in [0.15, 0.2) is 15.7 Å². The highest BCUT2D eigenvalue weighted by Crippen LogP contribution is 2.24. The van der Waals surface area contributed by atoms with Crippen molar-refractivity contribution in [3.8, 4) is 17.1 Å². The van der Waals surface area contributed by atoms with Crippen molar-refractivity contribution < 1.29 is 8.42 Å². The maximum atomic E-state index is 11.9. The molecule has 2 aliphatic rings. The van der Waals surface area contributed by atoms with Gasteiger partial charge in [-0.1, -0.05) is 47.5 Å². The first kappa shape index (κ1) is 23.4.